The molecule has 0 bridgehead atoms. The van der Waals surface area contributed by atoms with Crippen LogP contribution >= 0.6 is 11.6 Å². The van der Waals surface area contributed by atoms with Crippen LogP contribution in [0.2, 0.25) is 5.15 Å². The van der Waals surface area contributed by atoms with Crippen molar-refractivity contribution in [2.75, 3.05) is 13.1 Å². The van der Waals surface area contributed by atoms with Gasteiger partial charge in [-0.2, -0.15) is 4.31 Å². The summed E-state index contributed by atoms with van der Waals surface area (Å²) < 4.78 is 38.9. The first-order valence-electron chi connectivity index (χ1n) is 5.44. The van der Waals surface area contributed by atoms with Crippen LogP contribution in [-0.2, 0) is 14.8 Å². The van der Waals surface area contributed by atoms with E-state index < -0.39 is 32.9 Å². The summed E-state index contributed by atoms with van der Waals surface area (Å²) >= 11 is 5.41. The third-order valence-corrected chi connectivity index (χ3v) is 5.03. The minimum absolute atomic E-state index is 0.124. The van der Waals surface area contributed by atoms with Crippen molar-refractivity contribution in [3.63, 3.8) is 0 Å². The molecule has 0 spiro atoms. The molecule has 1 atom stereocenters. The predicted molar refractivity (Wildman–Crippen MR) is 65.6 cm³/mol. The average molecular weight is 308 g/mol. The second-order valence-electron chi connectivity index (χ2n) is 4.03. The molecule has 6 nitrogen and oxygen atoms in total. The Morgan fingerprint density at radius 3 is 2.89 bits per heavy atom. The summed E-state index contributed by atoms with van der Waals surface area (Å²) in [4.78, 5) is 14.6. The summed E-state index contributed by atoms with van der Waals surface area (Å²) in [6.45, 7) is 1.80. The Balaban J connectivity index is 2.41. The van der Waals surface area contributed by atoms with Crippen molar-refractivity contribution in [2.45, 2.75) is 17.9 Å². The fraction of sp³-hybridized carbons (Fsp3) is 0.400. The van der Waals surface area contributed by atoms with E-state index in [0.717, 1.165) is 16.6 Å². The van der Waals surface area contributed by atoms with Crippen LogP contribution in [0, 0.1) is 5.82 Å². The van der Waals surface area contributed by atoms with Gasteiger partial charge in [0.1, 0.15) is 10.9 Å². The molecule has 2 heterocycles. The van der Waals surface area contributed by atoms with E-state index in [1.54, 1.807) is 0 Å². The highest BCUT2D eigenvalue weighted by Gasteiger charge is 2.36. The molecule has 0 unspecified atom stereocenters. The first-order chi connectivity index (χ1) is 8.84. The first-order valence-corrected chi connectivity index (χ1v) is 7.26. The molecule has 104 valence electrons. The summed E-state index contributed by atoms with van der Waals surface area (Å²) in [5.74, 6) is -1.31. The van der Waals surface area contributed by atoms with Crippen LogP contribution in [0.5, 0.6) is 0 Å². The van der Waals surface area contributed by atoms with Crippen LogP contribution in [0.15, 0.2) is 17.2 Å². The Morgan fingerprint density at radius 2 is 2.26 bits per heavy atom. The molecule has 1 aliphatic rings. The second-order valence-corrected chi connectivity index (χ2v) is 6.27. The lowest BCUT2D eigenvalue weighted by molar-refractivity contribution is -0.126. The first kappa shape index (κ1) is 14.2. The quantitative estimate of drug-likeness (QED) is 0.801. The smallest absolute Gasteiger partial charge is 0.245 e. The van der Waals surface area contributed by atoms with E-state index in [2.05, 4.69) is 10.3 Å². The predicted octanol–water partition coefficient (Wildman–Crippen LogP) is 0.383. The van der Waals surface area contributed by atoms with E-state index in [-0.39, 0.29) is 18.0 Å². The van der Waals surface area contributed by atoms with E-state index >= 15 is 0 Å². The zero-order chi connectivity index (χ0) is 14.2. The van der Waals surface area contributed by atoms with Crippen LogP contribution in [0.25, 0.3) is 0 Å². The highest BCUT2D eigenvalue weighted by Crippen LogP contribution is 2.22. The van der Waals surface area contributed by atoms with Gasteiger partial charge in [-0.25, -0.2) is 17.8 Å². The Morgan fingerprint density at radius 1 is 1.58 bits per heavy atom. The normalized spacial score (nSPS) is 21.2. The molecule has 1 aromatic rings. The van der Waals surface area contributed by atoms with Gasteiger partial charge in [0.15, 0.2) is 11.0 Å². The number of carbonyl (C=O) groups is 1. The number of nitrogens with zero attached hydrogens (tertiary/aromatic N) is 2. The van der Waals surface area contributed by atoms with Crippen molar-refractivity contribution < 1.29 is 17.6 Å². The molecular weight excluding hydrogens is 297 g/mol. The number of amides is 1. The summed E-state index contributed by atoms with van der Waals surface area (Å²) in [6.07, 6.45) is 0.972. The highest BCUT2D eigenvalue weighted by molar-refractivity contribution is 7.89. The molecule has 19 heavy (non-hydrogen) atoms. The Bertz CT molecular complexity index is 622. The SMILES string of the molecule is C[C@H]1C(=O)NCCN1S(=O)(=O)c1cnc(Cl)c(F)c1. The van der Waals surface area contributed by atoms with Crippen molar-refractivity contribution in [1.82, 2.24) is 14.6 Å². The van der Waals surface area contributed by atoms with E-state index in [4.69, 9.17) is 11.6 Å². The van der Waals surface area contributed by atoms with E-state index in [0.29, 0.717) is 0 Å². The third-order valence-electron chi connectivity index (χ3n) is 2.82. The fourth-order valence-electron chi connectivity index (χ4n) is 1.77. The lowest BCUT2D eigenvalue weighted by atomic mass is 10.2. The van der Waals surface area contributed by atoms with Crippen molar-refractivity contribution in [3.05, 3.63) is 23.2 Å². The van der Waals surface area contributed by atoms with Crippen LogP contribution < -0.4 is 5.32 Å². The molecule has 1 amide bonds. The van der Waals surface area contributed by atoms with Gasteiger partial charge in [-0.15, -0.1) is 0 Å². The van der Waals surface area contributed by atoms with E-state index in [1.807, 2.05) is 0 Å². The maximum atomic E-state index is 13.3. The molecule has 0 aromatic carbocycles. The molecule has 0 saturated carbocycles. The van der Waals surface area contributed by atoms with Crippen LogP contribution in [0.1, 0.15) is 6.92 Å². The molecule has 1 saturated heterocycles. The summed E-state index contributed by atoms with van der Waals surface area (Å²) in [7, 11) is -3.97. The topological polar surface area (TPSA) is 79.4 Å². The zero-order valence-electron chi connectivity index (χ0n) is 9.93. The van der Waals surface area contributed by atoms with Crippen molar-refractivity contribution in [1.29, 1.82) is 0 Å². The van der Waals surface area contributed by atoms with Crippen LogP contribution in [-0.4, -0.2) is 42.7 Å². The molecule has 2 rings (SSSR count). The van der Waals surface area contributed by atoms with E-state index in [1.165, 1.54) is 6.92 Å². The molecule has 9 heteroatoms. The number of pyridine rings is 1. The zero-order valence-corrected chi connectivity index (χ0v) is 11.5. The average Bonchev–Trinajstić information content (AvgIpc) is 2.35. The summed E-state index contributed by atoms with van der Waals surface area (Å²) in [5.41, 5.74) is 0. The standard InChI is InChI=1S/C10H11ClFN3O3S/c1-6-10(16)13-2-3-15(6)19(17,18)7-4-8(12)9(11)14-5-7/h4-6H,2-3H2,1H3,(H,13,16)/t6-/m0/s1. The number of rotatable bonds is 2. The third kappa shape index (κ3) is 2.56. The van der Waals surface area contributed by atoms with E-state index in [9.17, 15) is 17.6 Å². The van der Waals surface area contributed by atoms with Gasteiger partial charge in [0, 0.05) is 19.3 Å². The molecular formula is C10H11ClFN3O3S. The van der Waals surface area contributed by atoms with Crippen LogP contribution in [0.3, 0.4) is 0 Å². The lowest BCUT2D eigenvalue weighted by Crippen LogP contribution is -2.55. The number of hydrogen-bond donors (Lipinski definition) is 1. The van der Waals surface area contributed by atoms with Gasteiger partial charge in [0.2, 0.25) is 15.9 Å². The monoisotopic (exact) mass is 307 g/mol. The largest absolute Gasteiger partial charge is 0.353 e. The van der Waals surface area contributed by atoms with Gasteiger partial charge in [-0.05, 0) is 13.0 Å². The van der Waals surface area contributed by atoms with Gasteiger partial charge in [-0.1, -0.05) is 11.6 Å². The van der Waals surface area contributed by atoms with Gasteiger partial charge in [-0.3, -0.25) is 4.79 Å². The van der Waals surface area contributed by atoms with Gasteiger partial charge < -0.3 is 5.32 Å². The number of hydrogen-bond acceptors (Lipinski definition) is 4. The van der Waals surface area contributed by atoms with Crippen LogP contribution in [0.4, 0.5) is 4.39 Å². The second kappa shape index (κ2) is 5.03. The number of halogens is 2. The van der Waals surface area contributed by atoms with Gasteiger partial charge in [0.05, 0.1) is 0 Å². The maximum absolute atomic E-state index is 13.3. The minimum atomic E-state index is -3.97. The van der Waals surface area contributed by atoms with Gasteiger partial charge >= 0.3 is 0 Å². The van der Waals surface area contributed by atoms with Crippen molar-refractivity contribution >= 4 is 27.5 Å². The molecule has 1 N–H and O–H groups in total. The number of carbonyl (C=O) groups excluding carboxylic acids is 1. The molecule has 1 aliphatic heterocycles. The number of sulfonamides is 1. The lowest BCUT2D eigenvalue weighted by Gasteiger charge is -2.31. The summed E-state index contributed by atoms with van der Waals surface area (Å²) in [6, 6.07) is -0.0540. The molecule has 1 aromatic heterocycles. The maximum Gasteiger partial charge on any atom is 0.245 e. The molecule has 0 radical (unpaired) electrons. The summed E-state index contributed by atoms with van der Waals surface area (Å²) in [5, 5.41) is 2.15. The van der Waals surface area contributed by atoms with Crippen molar-refractivity contribution in [3.8, 4) is 0 Å². The highest BCUT2D eigenvalue weighted by atomic mass is 35.5. The van der Waals surface area contributed by atoms with Crippen molar-refractivity contribution in [2.24, 2.45) is 0 Å². The Labute approximate surface area is 114 Å². The number of piperazine rings is 1. The Hall–Kier alpha value is -1.25. The Kier molecular flexibility index (Phi) is 3.75. The number of aromatic nitrogens is 1. The van der Waals surface area contributed by atoms with Gasteiger partial charge in [0.25, 0.3) is 0 Å². The minimum Gasteiger partial charge on any atom is -0.353 e. The fourth-order valence-corrected chi connectivity index (χ4v) is 3.43. The molecule has 0 aliphatic carbocycles. The number of nitrogens with one attached hydrogen (secondary N) is 1. The molecule has 1 fully saturated rings.